The lowest BCUT2D eigenvalue weighted by Crippen LogP contribution is -2.58. The highest BCUT2D eigenvalue weighted by molar-refractivity contribution is 5.94. The molecule has 4 amide bonds. The van der Waals surface area contributed by atoms with Crippen LogP contribution < -0.4 is 27.4 Å². The average molecular weight is 560 g/mol. The first-order chi connectivity index (χ1) is 18.8. The van der Waals surface area contributed by atoms with Crippen LogP contribution in [0, 0.1) is 5.92 Å². The van der Waals surface area contributed by atoms with Crippen LogP contribution in [0.3, 0.4) is 0 Å². The number of hydrogen-bond acceptors (Lipinski definition) is 8. The number of phenolic OH excluding ortho intramolecular Hbond substituents is 1. The number of nitrogens with zero attached hydrogens (tertiary/aromatic N) is 1. The molecule has 0 radical (unpaired) electrons. The number of benzene rings is 1. The van der Waals surface area contributed by atoms with Gasteiger partial charge in [0.05, 0.1) is 12.4 Å². The maximum Gasteiger partial charge on any atom is 0.326 e. The maximum atomic E-state index is 13.4. The number of carboxylic acids is 1. The van der Waals surface area contributed by atoms with Crippen molar-refractivity contribution < 1.29 is 34.2 Å². The number of phenols is 1. The smallest absolute Gasteiger partial charge is 0.326 e. The van der Waals surface area contributed by atoms with Crippen molar-refractivity contribution in [2.24, 2.45) is 17.4 Å². The molecule has 14 nitrogen and oxygen atoms in total. The monoisotopic (exact) mass is 559 g/mol. The number of amides is 4. The first kappa shape index (κ1) is 31.8. The third-order valence-corrected chi connectivity index (χ3v) is 5.97. The molecule has 14 heteroatoms. The Morgan fingerprint density at radius 3 is 2.08 bits per heavy atom. The largest absolute Gasteiger partial charge is 0.508 e. The third kappa shape index (κ3) is 10.7. The number of aliphatic carboxylic acids is 1. The number of nitrogens with one attached hydrogen (secondary N) is 4. The molecule has 1 heterocycles. The zero-order valence-corrected chi connectivity index (χ0v) is 22.4. The van der Waals surface area contributed by atoms with Gasteiger partial charge in [-0.05, 0) is 36.5 Å². The van der Waals surface area contributed by atoms with Crippen molar-refractivity contribution in [2.45, 2.75) is 70.1 Å². The summed E-state index contributed by atoms with van der Waals surface area (Å²) in [5.41, 5.74) is 12.4. The lowest BCUT2D eigenvalue weighted by Gasteiger charge is -2.26. The van der Waals surface area contributed by atoms with Gasteiger partial charge in [0.25, 0.3) is 0 Å². The molecule has 0 spiro atoms. The molecule has 218 valence electrons. The summed E-state index contributed by atoms with van der Waals surface area (Å²) in [6.07, 6.45) is 2.82. The van der Waals surface area contributed by atoms with E-state index in [9.17, 15) is 34.2 Å². The summed E-state index contributed by atoms with van der Waals surface area (Å²) in [5, 5.41) is 26.7. The van der Waals surface area contributed by atoms with Crippen LogP contribution >= 0.6 is 0 Å². The Morgan fingerprint density at radius 1 is 0.925 bits per heavy atom. The molecule has 10 N–H and O–H groups in total. The van der Waals surface area contributed by atoms with E-state index in [1.807, 2.05) is 13.8 Å². The van der Waals surface area contributed by atoms with E-state index in [4.69, 9.17) is 11.5 Å². The summed E-state index contributed by atoms with van der Waals surface area (Å²) in [6.45, 7) is 3.64. The van der Waals surface area contributed by atoms with Crippen molar-refractivity contribution >= 4 is 29.6 Å². The molecule has 0 saturated heterocycles. The predicted molar refractivity (Wildman–Crippen MR) is 143 cm³/mol. The van der Waals surface area contributed by atoms with Gasteiger partial charge in [-0.15, -0.1) is 0 Å². The van der Waals surface area contributed by atoms with Crippen molar-refractivity contribution in [1.82, 2.24) is 25.9 Å². The number of primary amides is 1. The van der Waals surface area contributed by atoms with E-state index in [-0.39, 0.29) is 43.8 Å². The summed E-state index contributed by atoms with van der Waals surface area (Å²) in [6, 6.07) is 1.35. The van der Waals surface area contributed by atoms with Gasteiger partial charge in [0, 0.05) is 31.2 Å². The maximum absolute atomic E-state index is 13.4. The molecule has 1 aromatic heterocycles. The van der Waals surface area contributed by atoms with E-state index in [0.717, 1.165) is 0 Å². The summed E-state index contributed by atoms with van der Waals surface area (Å²) in [5.74, 6) is -4.19. The fraction of sp³-hybridized carbons (Fsp3) is 0.462. The lowest BCUT2D eigenvalue weighted by atomic mass is 10.00. The number of aromatic hydroxyl groups is 1. The molecule has 40 heavy (non-hydrogen) atoms. The van der Waals surface area contributed by atoms with Crippen LogP contribution in [0.15, 0.2) is 36.8 Å². The van der Waals surface area contributed by atoms with E-state index in [2.05, 4.69) is 25.9 Å². The number of aromatic amines is 1. The van der Waals surface area contributed by atoms with Crippen LogP contribution in [0.2, 0.25) is 0 Å². The second-order valence-corrected chi connectivity index (χ2v) is 9.91. The highest BCUT2D eigenvalue weighted by Crippen LogP contribution is 2.13. The fourth-order valence-electron chi connectivity index (χ4n) is 3.87. The Balaban J connectivity index is 2.22. The molecule has 4 atom stereocenters. The fourth-order valence-corrected chi connectivity index (χ4v) is 3.87. The molecule has 0 aliphatic heterocycles. The number of rotatable bonds is 16. The standard InChI is InChI=1S/C26H37N7O7/c1-14(2)9-20(24(37)31-19(26(39)40)7-8-22(28)35)33-25(38)21(10-15-3-5-17(34)6-4-15)32-23(36)18(27)11-16-12-29-13-30-16/h3-6,12-14,18-21,34H,7-11,27H2,1-2H3,(H2,28,35)(H,29,30)(H,31,37)(H,32,36)(H,33,38)(H,39,40). The minimum Gasteiger partial charge on any atom is -0.508 e. The highest BCUT2D eigenvalue weighted by atomic mass is 16.4. The van der Waals surface area contributed by atoms with Gasteiger partial charge in [-0.2, -0.15) is 0 Å². The Hall–Kier alpha value is -4.46. The second-order valence-electron chi connectivity index (χ2n) is 9.91. The number of carboxylic acid groups (broad SMARTS) is 1. The quantitative estimate of drug-likeness (QED) is 0.127. The van der Waals surface area contributed by atoms with Crippen molar-refractivity contribution in [1.29, 1.82) is 0 Å². The van der Waals surface area contributed by atoms with Crippen molar-refractivity contribution in [3.8, 4) is 5.75 Å². The van der Waals surface area contributed by atoms with Gasteiger partial charge in [-0.25, -0.2) is 9.78 Å². The minimum absolute atomic E-state index is 0.0149. The summed E-state index contributed by atoms with van der Waals surface area (Å²) in [7, 11) is 0. The van der Waals surface area contributed by atoms with E-state index in [1.54, 1.807) is 12.1 Å². The van der Waals surface area contributed by atoms with Crippen LogP contribution in [0.1, 0.15) is 44.4 Å². The SMILES string of the molecule is CC(C)CC(NC(=O)C(Cc1ccc(O)cc1)NC(=O)C(N)Cc1cnc[nH]1)C(=O)NC(CCC(N)=O)C(=O)O. The van der Waals surface area contributed by atoms with Crippen LogP contribution in [0.4, 0.5) is 0 Å². The summed E-state index contributed by atoms with van der Waals surface area (Å²) < 4.78 is 0. The molecule has 2 rings (SSSR count). The molecule has 4 unspecified atom stereocenters. The number of carbonyl (C=O) groups excluding carboxylic acids is 4. The molecule has 0 fully saturated rings. The van der Waals surface area contributed by atoms with Crippen LogP contribution in [-0.4, -0.2) is 73.9 Å². The van der Waals surface area contributed by atoms with Gasteiger partial charge in [-0.1, -0.05) is 26.0 Å². The number of nitrogens with two attached hydrogens (primary N) is 2. The molecule has 2 aromatic rings. The Labute approximate surface area is 231 Å². The minimum atomic E-state index is -1.39. The van der Waals surface area contributed by atoms with Crippen LogP contribution in [0.25, 0.3) is 0 Å². The van der Waals surface area contributed by atoms with Gasteiger partial charge >= 0.3 is 5.97 Å². The van der Waals surface area contributed by atoms with Crippen molar-refractivity contribution in [3.63, 3.8) is 0 Å². The number of aromatic nitrogens is 2. The summed E-state index contributed by atoms with van der Waals surface area (Å²) >= 11 is 0. The number of imidazole rings is 1. The first-order valence-electron chi connectivity index (χ1n) is 12.8. The first-order valence-corrected chi connectivity index (χ1v) is 12.8. The van der Waals surface area contributed by atoms with Gasteiger partial charge in [0.1, 0.15) is 23.9 Å². The van der Waals surface area contributed by atoms with Crippen LogP contribution in [0.5, 0.6) is 5.75 Å². The normalized spacial score (nSPS) is 14.0. The van der Waals surface area contributed by atoms with Gasteiger partial charge in [0.15, 0.2) is 0 Å². The second kappa shape index (κ2) is 15.2. The van der Waals surface area contributed by atoms with Gasteiger partial charge in [-0.3, -0.25) is 19.2 Å². The number of H-pyrrole nitrogens is 1. The molecule has 0 saturated carbocycles. The average Bonchev–Trinajstić information content (AvgIpc) is 3.39. The Morgan fingerprint density at radius 2 is 1.52 bits per heavy atom. The summed E-state index contributed by atoms with van der Waals surface area (Å²) in [4.78, 5) is 68.8. The van der Waals surface area contributed by atoms with Crippen molar-refractivity contribution in [2.75, 3.05) is 0 Å². The molecule has 0 aliphatic carbocycles. The zero-order valence-electron chi connectivity index (χ0n) is 22.4. The Kier molecular flexibility index (Phi) is 12.1. The van der Waals surface area contributed by atoms with Gasteiger partial charge < -0.3 is 42.6 Å². The third-order valence-electron chi connectivity index (χ3n) is 5.97. The van der Waals surface area contributed by atoms with E-state index < -0.39 is 53.8 Å². The predicted octanol–water partition coefficient (Wildman–Crippen LogP) is -0.922. The lowest BCUT2D eigenvalue weighted by molar-refractivity contribution is -0.142. The number of hydrogen-bond donors (Lipinski definition) is 8. The van der Waals surface area contributed by atoms with Crippen LogP contribution in [-0.2, 0) is 36.8 Å². The highest BCUT2D eigenvalue weighted by Gasteiger charge is 2.31. The van der Waals surface area contributed by atoms with E-state index >= 15 is 0 Å². The molecule has 0 bridgehead atoms. The molecular formula is C26H37N7O7. The molecule has 1 aromatic carbocycles. The topological polar surface area (TPSA) is 243 Å². The number of carbonyl (C=O) groups is 5. The van der Waals surface area contributed by atoms with E-state index in [0.29, 0.717) is 11.3 Å². The van der Waals surface area contributed by atoms with Crippen molar-refractivity contribution in [3.05, 3.63) is 48.0 Å². The van der Waals surface area contributed by atoms with Gasteiger partial charge in [0.2, 0.25) is 23.6 Å². The Bertz CT molecular complexity index is 1150. The molecule has 0 aliphatic rings. The zero-order chi connectivity index (χ0) is 29.8. The van der Waals surface area contributed by atoms with E-state index in [1.165, 1.54) is 24.7 Å². The molecular weight excluding hydrogens is 522 g/mol.